The van der Waals surface area contributed by atoms with Gasteiger partial charge in [0.25, 0.3) is 0 Å². The maximum atomic E-state index is 5.69. The van der Waals surface area contributed by atoms with Crippen LogP contribution >= 0.6 is 0 Å². The summed E-state index contributed by atoms with van der Waals surface area (Å²) >= 11 is 0. The third kappa shape index (κ3) is 1.93. The summed E-state index contributed by atoms with van der Waals surface area (Å²) in [6, 6.07) is 7.86. The van der Waals surface area contributed by atoms with Crippen molar-refractivity contribution in [3.8, 4) is 0 Å². The molecule has 0 aliphatic rings. The second-order valence-corrected chi connectivity index (χ2v) is 3.43. The van der Waals surface area contributed by atoms with Gasteiger partial charge in [-0.2, -0.15) is 0 Å². The molecule has 72 valence electrons. The molecule has 3 nitrogen and oxygen atoms in total. The molecule has 0 unspecified atom stereocenters. The molecule has 0 amide bonds. The fourth-order valence-corrected chi connectivity index (χ4v) is 1.45. The van der Waals surface area contributed by atoms with Gasteiger partial charge in [0.05, 0.1) is 0 Å². The van der Waals surface area contributed by atoms with Crippen LogP contribution < -0.4 is 5.73 Å². The lowest BCUT2D eigenvalue weighted by Gasteiger charge is -1.99. The van der Waals surface area contributed by atoms with E-state index in [1.165, 1.54) is 5.56 Å². The molecule has 0 spiro atoms. The largest absolute Gasteiger partial charge is 0.399 e. The van der Waals surface area contributed by atoms with Crippen LogP contribution in [0.5, 0.6) is 0 Å². The monoisotopic (exact) mass is 187 g/mol. The molecular weight excluding hydrogens is 174 g/mol. The van der Waals surface area contributed by atoms with Crippen LogP contribution in [0.15, 0.2) is 30.5 Å². The van der Waals surface area contributed by atoms with Crippen LogP contribution in [-0.4, -0.2) is 9.97 Å². The number of rotatable bonds is 2. The fraction of sp³-hybridized carbons (Fsp3) is 0.182. The average Bonchev–Trinajstić information content (AvgIpc) is 2.51. The van der Waals surface area contributed by atoms with Crippen LogP contribution in [0.25, 0.3) is 0 Å². The number of anilines is 1. The second-order valence-electron chi connectivity index (χ2n) is 3.43. The highest BCUT2D eigenvalue weighted by atomic mass is 14.9. The third-order valence-corrected chi connectivity index (χ3v) is 2.08. The molecule has 0 aliphatic carbocycles. The molecule has 0 bridgehead atoms. The van der Waals surface area contributed by atoms with Crippen LogP contribution in [-0.2, 0) is 6.42 Å². The minimum atomic E-state index is 0.797. The smallest absolute Gasteiger partial charge is 0.110 e. The van der Waals surface area contributed by atoms with Gasteiger partial charge in [0, 0.05) is 24.0 Å². The average molecular weight is 187 g/mol. The molecule has 1 aromatic carbocycles. The lowest BCUT2D eigenvalue weighted by molar-refractivity contribution is 1.02. The molecule has 0 saturated carbocycles. The van der Waals surface area contributed by atoms with Crippen LogP contribution in [0.1, 0.15) is 17.1 Å². The zero-order valence-electron chi connectivity index (χ0n) is 8.12. The normalized spacial score (nSPS) is 10.4. The predicted molar refractivity (Wildman–Crippen MR) is 57.0 cm³/mol. The van der Waals surface area contributed by atoms with Crippen molar-refractivity contribution in [3.05, 3.63) is 47.5 Å². The van der Waals surface area contributed by atoms with Crippen molar-refractivity contribution >= 4 is 5.69 Å². The van der Waals surface area contributed by atoms with Crippen molar-refractivity contribution < 1.29 is 0 Å². The number of aryl methyl sites for hydroxylation is 1. The molecular formula is C11H13N3. The zero-order chi connectivity index (χ0) is 9.97. The SMILES string of the molecule is Cc1cnc(Cc2cccc(N)c2)[nH]1. The summed E-state index contributed by atoms with van der Waals surface area (Å²) in [5.41, 5.74) is 8.75. The minimum absolute atomic E-state index is 0.797. The maximum absolute atomic E-state index is 5.69. The zero-order valence-corrected chi connectivity index (χ0v) is 8.12. The summed E-state index contributed by atoms with van der Waals surface area (Å²) in [6.07, 6.45) is 2.64. The molecule has 1 heterocycles. The number of nitrogens with two attached hydrogens (primary N) is 1. The van der Waals surface area contributed by atoms with E-state index in [0.717, 1.165) is 23.6 Å². The molecule has 1 aromatic heterocycles. The Morgan fingerprint density at radius 2 is 2.29 bits per heavy atom. The number of H-pyrrole nitrogens is 1. The number of hydrogen-bond donors (Lipinski definition) is 2. The van der Waals surface area contributed by atoms with Gasteiger partial charge in [-0.15, -0.1) is 0 Å². The van der Waals surface area contributed by atoms with E-state index in [1.807, 2.05) is 37.4 Å². The van der Waals surface area contributed by atoms with E-state index >= 15 is 0 Å². The molecule has 0 atom stereocenters. The Labute approximate surface area is 83.0 Å². The van der Waals surface area contributed by atoms with Crippen molar-refractivity contribution in [1.29, 1.82) is 0 Å². The summed E-state index contributed by atoms with van der Waals surface area (Å²) < 4.78 is 0. The molecule has 2 rings (SSSR count). The number of benzene rings is 1. The molecule has 3 N–H and O–H groups in total. The lowest BCUT2D eigenvalue weighted by atomic mass is 10.1. The van der Waals surface area contributed by atoms with Gasteiger partial charge in [0.1, 0.15) is 5.82 Å². The molecule has 0 aliphatic heterocycles. The van der Waals surface area contributed by atoms with Gasteiger partial charge in [-0.3, -0.25) is 0 Å². The van der Waals surface area contributed by atoms with Crippen molar-refractivity contribution in [2.75, 3.05) is 5.73 Å². The third-order valence-electron chi connectivity index (χ3n) is 2.08. The first-order chi connectivity index (χ1) is 6.74. The molecule has 0 saturated heterocycles. The van der Waals surface area contributed by atoms with Crippen LogP contribution in [0.2, 0.25) is 0 Å². The van der Waals surface area contributed by atoms with Crippen molar-refractivity contribution in [2.45, 2.75) is 13.3 Å². The Bertz CT molecular complexity index is 432. The first kappa shape index (κ1) is 8.81. The summed E-state index contributed by atoms with van der Waals surface area (Å²) in [5, 5.41) is 0. The van der Waals surface area contributed by atoms with E-state index in [9.17, 15) is 0 Å². The molecule has 0 radical (unpaired) electrons. The topological polar surface area (TPSA) is 54.7 Å². The van der Waals surface area contributed by atoms with Gasteiger partial charge in [-0.05, 0) is 24.6 Å². The highest BCUT2D eigenvalue weighted by Gasteiger charge is 1.99. The van der Waals surface area contributed by atoms with Crippen molar-refractivity contribution in [1.82, 2.24) is 9.97 Å². The number of aromatic amines is 1. The maximum Gasteiger partial charge on any atom is 0.110 e. The number of nitrogens with zero attached hydrogens (tertiary/aromatic N) is 1. The van der Waals surface area contributed by atoms with Gasteiger partial charge in [-0.25, -0.2) is 4.98 Å². The van der Waals surface area contributed by atoms with Crippen molar-refractivity contribution in [3.63, 3.8) is 0 Å². The second kappa shape index (κ2) is 3.54. The number of imidazole rings is 1. The van der Waals surface area contributed by atoms with Crippen molar-refractivity contribution in [2.24, 2.45) is 0 Å². The van der Waals surface area contributed by atoms with Crippen LogP contribution in [0, 0.1) is 6.92 Å². The minimum Gasteiger partial charge on any atom is -0.399 e. The Balaban J connectivity index is 2.18. The van der Waals surface area contributed by atoms with Crippen LogP contribution in [0.3, 0.4) is 0 Å². The van der Waals surface area contributed by atoms with Crippen LogP contribution in [0.4, 0.5) is 5.69 Å². The quantitative estimate of drug-likeness (QED) is 0.705. The van der Waals surface area contributed by atoms with Gasteiger partial charge in [0.2, 0.25) is 0 Å². The summed E-state index contributed by atoms with van der Waals surface area (Å²) in [5.74, 6) is 0.980. The highest BCUT2D eigenvalue weighted by Crippen LogP contribution is 2.10. The Kier molecular flexibility index (Phi) is 2.23. The molecule has 2 aromatic rings. The Morgan fingerprint density at radius 3 is 2.93 bits per heavy atom. The molecule has 0 fully saturated rings. The number of nitrogen functional groups attached to an aromatic ring is 1. The summed E-state index contributed by atoms with van der Waals surface area (Å²) in [6.45, 7) is 2.00. The standard InChI is InChI=1S/C11H13N3/c1-8-7-13-11(14-8)6-9-3-2-4-10(12)5-9/h2-5,7H,6,12H2,1H3,(H,13,14). The van der Waals surface area contributed by atoms with Gasteiger partial charge in [0.15, 0.2) is 0 Å². The number of aromatic nitrogens is 2. The molecule has 14 heavy (non-hydrogen) atoms. The predicted octanol–water partition coefficient (Wildman–Crippen LogP) is 1.89. The number of hydrogen-bond acceptors (Lipinski definition) is 2. The van der Waals surface area contributed by atoms with Gasteiger partial charge in [-0.1, -0.05) is 12.1 Å². The van der Waals surface area contributed by atoms with Gasteiger partial charge < -0.3 is 10.7 Å². The van der Waals surface area contributed by atoms with E-state index in [1.54, 1.807) is 0 Å². The van der Waals surface area contributed by atoms with Gasteiger partial charge >= 0.3 is 0 Å². The highest BCUT2D eigenvalue weighted by molar-refractivity contribution is 5.41. The Hall–Kier alpha value is -1.77. The van der Waals surface area contributed by atoms with E-state index in [2.05, 4.69) is 9.97 Å². The van der Waals surface area contributed by atoms with E-state index in [0.29, 0.717) is 0 Å². The summed E-state index contributed by atoms with van der Waals surface area (Å²) in [7, 11) is 0. The van der Waals surface area contributed by atoms with E-state index in [-0.39, 0.29) is 0 Å². The molecule has 3 heteroatoms. The fourth-order valence-electron chi connectivity index (χ4n) is 1.45. The summed E-state index contributed by atoms with van der Waals surface area (Å²) in [4.78, 5) is 7.44. The van der Waals surface area contributed by atoms with E-state index < -0.39 is 0 Å². The Morgan fingerprint density at radius 1 is 1.43 bits per heavy atom. The first-order valence-corrected chi connectivity index (χ1v) is 4.59. The van der Waals surface area contributed by atoms with E-state index in [4.69, 9.17) is 5.73 Å². The number of nitrogens with one attached hydrogen (secondary N) is 1. The lowest BCUT2D eigenvalue weighted by Crippen LogP contribution is -1.92. The first-order valence-electron chi connectivity index (χ1n) is 4.59.